The number of carbonyl (C=O) groups is 1. The van der Waals surface area contributed by atoms with Gasteiger partial charge in [0.1, 0.15) is 0 Å². The predicted octanol–water partition coefficient (Wildman–Crippen LogP) is 0.667. The van der Waals surface area contributed by atoms with E-state index in [0.29, 0.717) is 6.42 Å². The Morgan fingerprint density at radius 3 is 2.50 bits per heavy atom. The third-order valence-electron chi connectivity index (χ3n) is 3.06. The lowest BCUT2D eigenvalue weighted by Gasteiger charge is -2.22. The second kappa shape index (κ2) is 4.70. The zero-order valence-corrected chi connectivity index (χ0v) is 10.9. The average molecular weight is 269 g/mol. The van der Waals surface area contributed by atoms with E-state index in [-0.39, 0.29) is 17.9 Å². The highest BCUT2D eigenvalue weighted by Gasteiger charge is 2.39. The van der Waals surface area contributed by atoms with Crippen LogP contribution in [0, 0.1) is 6.92 Å². The molecule has 1 fully saturated rings. The smallest absolute Gasteiger partial charge is 0.266 e. The number of carbonyl (C=O) groups excluding carboxylic acids is 1. The SMILES string of the molecule is Cc1ccc(S(=O)(=O)N2C(=O)CC[C@H]2CO)cc1. The Morgan fingerprint density at radius 1 is 1.33 bits per heavy atom. The summed E-state index contributed by atoms with van der Waals surface area (Å²) in [5, 5.41) is 9.15. The highest BCUT2D eigenvalue weighted by Crippen LogP contribution is 2.26. The van der Waals surface area contributed by atoms with E-state index in [9.17, 15) is 13.2 Å². The molecular weight excluding hydrogens is 254 g/mol. The number of aliphatic hydroxyl groups excluding tert-OH is 1. The monoisotopic (exact) mass is 269 g/mol. The van der Waals surface area contributed by atoms with Crippen molar-refractivity contribution in [1.82, 2.24) is 4.31 Å². The Kier molecular flexibility index (Phi) is 3.41. The molecule has 98 valence electrons. The van der Waals surface area contributed by atoms with Gasteiger partial charge in [0, 0.05) is 6.42 Å². The van der Waals surface area contributed by atoms with Crippen molar-refractivity contribution in [3.05, 3.63) is 29.8 Å². The number of nitrogens with zero attached hydrogens (tertiary/aromatic N) is 1. The molecule has 0 radical (unpaired) electrons. The lowest BCUT2D eigenvalue weighted by atomic mass is 10.2. The van der Waals surface area contributed by atoms with Crippen LogP contribution >= 0.6 is 0 Å². The quantitative estimate of drug-likeness (QED) is 0.875. The normalized spacial score (nSPS) is 20.4. The molecule has 1 aromatic rings. The molecule has 0 unspecified atom stereocenters. The molecule has 0 bridgehead atoms. The van der Waals surface area contributed by atoms with Crippen molar-refractivity contribution in [1.29, 1.82) is 0 Å². The van der Waals surface area contributed by atoms with E-state index in [1.807, 2.05) is 6.92 Å². The van der Waals surface area contributed by atoms with Gasteiger partial charge in [-0.15, -0.1) is 0 Å². The molecule has 0 aromatic heterocycles. The van der Waals surface area contributed by atoms with Crippen LogP contribution in [0.3, 0.4) is 0 Å². The maximum atomic E-state index is 12.3. The third kappa shape index (κ3) is 2.13. The molecule has 0 saturated carbocycles. The van der Waals surface area contributed by atoms with Crippen LogP contribution in [0.25, 0.3) is 0 Å². The van der Waals surface area contributed by atoms with Gasteiger partial charge in [-0.05, 0) is 25.5 Å². The average Bonchev–Trinajstić information content (AvgIpc) is 2.71. The molecule has 1 saturated heterocycles. The van der Waals surface area contributed by atoms with Gasteiger partial charge in [-0.3, -0.25) is 4.79 Å². The van der Waals surface area contributed by atoms with E-state index in [4.69, 9.17) is 5.11 Å². The highest BCUT2D eigenvalue weighted by molar-refractivity contribution is 7.89. The lowest BCUT2D eigenvalue weighted by molar-refractivity contribution is -0.124. The molecular formula is C12H15NO4S. The summed E-state index contributed by atoms with van der Waals surface area (Å²) in [5.41, 5.74) is 0.945. The number of benzene rings is 1. The van der Waals surface area contributed by atoms with Crippen LogP contribution < -0.4 is 0 Å². The molecule has 1 aliphatic heterocycles. The van der Waals surface area contributed by atoms with Crippen molar-refractivity contribution in [3.63, 3.8) is 0 Å². The molecule has 18 heavy (non-hydrogen) atoms. The van der Waals surface area contributed by atoms with Crippen molar-refractivity contribution in [2.24, 2.45) is 0 Å². The summed E-state index contributed by atoms with van der Waals surface area (Å²) in [4.78, 5) is 11.8. The van der Waals surface area contributed by atoms with Crippen molar-refractivity contribution in [2.45, 2.75) is 30.7 Å². The first-order valence-corrected chi connectivity index (χ1v) is 7.15. The molecule has 2 rings (SSSR count). The van der Waals surface area contributed by atoms with Gasteiger partial charge >= 0.3 is 0 Å². The van der Waals surface area contributed by atoms with Crippen LogP contribution in [0.15, 0.2) is 29.2 Å². The van der Waals surface area contributed by atoms with Crippen LogP contribution in [0.2, 0.25) is 0 Å². The van der Waals surface area contributed by atoms with E-state index < -0.39 is 22.0 Å². The number of hydrogen-bond donors (Lipinski definition) is 1. The molecule has 5 nitrogen and oxygen atoms in total. The maximum Gasteiger partial charge on any atom is 0.266 e. The fourth-order valence-electron chi connectivity index (χ4n) is 2.04. The number of sulfonamides is 1. The minimum absolute atomic E-state index is 0.0850. The van der Waals surface area contributed by atoms with Crippen LogP contribution in [0.5, 0.6) is 0 Å². The summed E-state index contributed by atoms with van der Waals surface area (Å²) in [6, 6.07) is 5.68. The summed E-state index contributed by atoms with van der Waals surface area (Å²) in [5.74, 6) is -0.449. The van der Waals surface area contributed by atoms with Crippen molar-refractivity contribution in [2.75, 3.05) is 6.61 Å². The number of aryl methyl sites for hydroxylation is 1. The molecule has 0 aliphatic carbocycles. The number of rotatable bonds is 3. The van der Waals surface area contributed by atoms with E-state index >= 15 is 0 Å². The minimum atomic E-state index is -3.84. The van der Waals surface area contributed by atoms with Gasteiger partial charge in [-0.1, -0.05) is 17.7 Å². The summed E-state index contributed by atoms with van der Waals surface area (Å²) in [7, 11) is -3.84. The van der Waals surface area contributed by atoms with Gasteiger partial charge in [-0.25, -0.2) is 12.7 Å². The van der Waals surface area contributed by atoms with Gasteiger partial charge in [0.15, 0.2) is 0 Å². The maximum absolute atomic E-state index is 12.3. The highest BCUT2D eigenvalue weighted by atomic mass is 32.2. The van der Waals surface area contributed by atoms with E-state index in [2.05, 4.69) is 0 Å². The Balaban J connectivity index is 2.41. The van der Waals surface area contributed by atoms with Gasteiger partial charge in [0.05, 0.1) is 17.5 Å². The van der Waals surface area contributed by atoms with E-state index in [0.717, 1.165) is 9.87 Å². The molecule has 1 aromatic carbocycles. The van der Waals surface area contributed by atoms with Crippen LogP contribution in [0.1, 0.15) is 18.4 Å². The molecule has 1 N–H and O–H groups in total. The van der Waals surface area contributed by atoms with Gasteiger partial charge < -0.3 is 5.11 Å². The second-order valence-corrected chi connectivity index (χ2v) is 6.20. The summed E-state index contributed by atoms with van der Waals surface area (Å²) >= 11 is 0. The summed E-state index contributed by atoms with van der Waals surface area (Å²) in [6.45, 7) is 1.52. The molecule has 1 aliphatic rings. The van der Waals surface area contributed by atoms with Gasteiger partial charge in [0.2, 0.25) is 5.91 Å². The molecule has 0 spiro atoms. The zero-order chi connectivity index (χ0) is 13.3. The number of amides is 1. The predicted molar refractivity (Wildman–Crippen MR) is 65.3 cm³/mol. The molecule has 1 heterocycles. The van der Waals surface area contributed by atoms with Crippen molar-refractivity contribution >= 4 is 15.9 Å². The van der Waals surface area contributed by atoms with E-state index in [1.54, 1.807) is 12.1 Å². The first kappa shape index (κ1) is 13.0. The fraction of sp³-hybridized carbons (Fsp3) is 0.417. The minimum Gasteiger partial charge on any atom is -0.394 e. The number of aliphatic hydroxyl groups is 1. The Morgan fingerprint density at radius 2 is 1.94 bits per heavy atom. The largest absolute Gasteiger partial charge is 0.394 e. The molecule has 1 atom stereocenters. The lowest BCUT2D eigenvalue weighted by Crippen LogP contribution is -2.40. The topological polar surface area (TPSA) is 74.7 Å². The van der Waals surface area contributed by atoms with Crippen molar-refractivity contribution in [3.8, 4) is 0 Å². The Hall–Kier alpha value is -1.40. The number of hydrogen-bond acceptors (Lipinski definition) is 4. The standard InChI is InChI=1S/C12H15NO4S/c1-9-2-5-11(6-3-9)18(16,17)13-10(8-14)4-7-12(13)15/h2-3,5-6,10,14H,4,7-8H2,1H3/t10-/m0/s1. The second-order valence-electron chi connectivity index (χ2n) is 4.38. The first-order valence-electron chi connectivity index (χ1n) is 5.71. The van der Waals surface area contributed by atoms with Crippen LogP contribution in [-0.2, 0) is 14.8 Å². The first-order chi connectivity index (χ1) is 8.46. The third-order valence-corrected chi connectivity index (χ3v) is 4.94. The Bertz CT molecular complexity index is 550. The van der Waals surface area contributed by atoms with Crippen LogP contribution in [-0.4, -0.2) is 36.4 Å². The fourth-order valence-corrected chi connectivity index (χ4v) is 3.67. The van der Waals surface area contributed by atoms with Crippen molar-refractivity contribution < 1.29 is 18.3 Å². The zero-order valence-electron chi connectivity index (χ0n) is 10.0. The summed E-state index contributed by atoms with van der Waals surface area (Å²) < 4.78 is 25.5. The van der Waals surface area contributed by atoms with Crippen LogP contribution in [0.4, 0.5) is 0 Å². The van der Waals surface area contributed by atoms with Gasteiger partial charge in [0.25, 0.3) is 10.0 Å². The van der Waals surface area contributed by atoms with E-state index in [1.165, 1.54) is 12.1 Å². The summed E-state index contributed by atoms with van der Waals surface area (Å²) in [6.07, 6.45) is 0.538. The molecule has 6 heteroatoms. The molecule has 1 amide bonds. The van der Waals surface area contributed by atoms with Gasteiger partial charge in [-0.2, -0.15) is 0 Å². The Labute approximate surface area is 106 Å².